The fourth-order valence-electron chi connectivity index (χ4n) is 1.74. The summed E-state index contributed by atoms with van der Waals surface area (Å²) >= 11 is 0. The zero-order valence-electron chi connectivity index (χ0n) is 11.5. The molecule has 1 N–H and O–H groups in total. The van der Waals surface area contributed by atoms with Gasteiger partial charge in [-0.3, -0.25) is 4.98 Å². The van der Waals surface area contributed by atoms with Crippen molar-refractivity contribution < 1.29 is 4.74 Å². The standard InChI is InChI=1S/C16H20N2O/c1-13(2)18-11-15-5-3-4-6-16(15)19-12-14-7-9-17-10-8-14/h3-10,13,18H,11-12H2,1-2H3. The number of nitrogens with zero attached hydrogens (tertiary/aromatic N) is 1. The molecule has 1 aromatic carbocycles. The highest BCUT2D eigenvalue weighted by molar-refractivity contribution is 5.33. The minimum atomic E-state index is 0.466. The highest BCUT2D eigenvalue weighted by Crippen LogP contribution is 2.19. The average molecular weight is 256 g/mol. The number of hydrogen-bond donors (Lipinski definition) is 1. The molecule has 0 fully saturated rings. The van der Waals surface area contributed by atoms with E-state index in [1.165, 1.54) is 5.56 Å². The van der Waals surface area contributed by atoms with Gasteiger partial charge in [0.25, 0.3) is 0 Å². The zero-order valence-corrected chi connectivity index (χ0v) is 11.5. The number of nitrogens with one attached hydrogen (secondary N) is 1. The molecule has 100 valence electrons. The van der Waals surface area contributed by atoms with Crippen LogP contribution in [-0.4, -0.2) is 11.0 Å². The lowest BCUT2D eigenvalue weighted by molar-refractivity contribution is 0.301. The van der Waals surface area contributed by atoms with Crippen LogP contribution in [0.25, 0.3) is 0 Å². The van der Waals surface area contributed by atoms with E-state index in [1.807, 2.05) is 30.3 Å². The fraction of sp³-hybridized carbons (Fsp3) is 0.312. The smallest absolute Gasteiger partial charge is 0.124 e. The normalized spacial score (nSPS) is 10.7. The van der Waals surface area contributed by atoms with E-state index in [9.17, 15) is 0 Å². The summed E-state index contributed by atoms with van der Waals surface area (Å²) in [5.41, 5.74) is 2.31. The molecule has 0 spiro atoms. The highest BCUT2D eigenvalue weighted by Gasteiger charge is 2.04. The lowest BCUT2D eigenvalue weighted by Gasteiger charge is -2.13. The number of para-hydroxylation sites is 1. The molecule has 3 nitrogen and oxygen atoms in total. The van der Waals surface area contributed by atoms with E-state index in [1.54, 1.807) is 12.4 Å². The summed E-state index contributed by atoms with van der Waals surface area (Å²) in [6.07, 6.45) is 3.57. The molecular weight excluding hydrogens is 236 g/mol. The van der Waals surface area contributed by atoms with Gasteiger partial charge in [-0.15, -0.1) is 0 Å². The van der Waals surface area contributed by atoms with Crippen molar-refractivity contribution in [2.24, 2.45) is 0 Å². The SMILES string of the molecule is CC(C)NCc1ccccc1OCc1ccncc1. The van der Waals surface area contributed by atoms with E-state index in [0.717, 1.165) is 17.9 Å². The summed E-state index contributed by atoms with van der Waals surface area (Å²) in [5.74, 6) is 0.937. The molecule has 0 saturated carbocycles. The molecule has 0 saturated heterocycles. The van der Waals surface area contributed by atoms with E-state index >= 15 is 0 Å². The molecule has 0 aliphatic carbocycles. The lowest BCUT2D eigenvalue weighted by atomic mass is 10.2. The molecule has 19 heavy (non-hydrogen) atoms. The van der Waals surface area contributed by atoms with Crippen LogP contribution in [0.15, 0.2) is 48.8 Å². The highest BCUT2D eigenvalue weighted by atomic mass is 16.5. The third-order valence-electron chi connectivity index (χ3n) is 2.82. The Morgan fingerprint density at radius 3 is 2.58 bits per heavy atom. The van der Waals surface area contributed by atoms with E-state index < -0.39 is 0 Å². The van der Waals surface area contributed by atoms with Gasteiger partial charge in [0.15, 0.2) is 0 Å². The molecule has 0 unspecified atom stereocenters. The van der Waals surface area contributed by atoms with Gasteiger partial charge in [0.1, 0.15) is 12.4 Å². The molecule has 0 bridgehead atoms. The number of ether oxygens (including phenoxy) is 1. The predicted octanol–water partition coefficient (Wildman–Crippen LogP) is 3.16. The zero-order chi connectivity index (χ0) is 13.5. The fourth-order valence-corrected chi connectivity index (χ4v) is 1.74. The van der Waals surface area contributed by atoms with Gasteiger partial charge in [-0.2, -0.15) is 0 Å². The van der Waals surface area contributed by atoms with Crippen molar-refractivity contribution in [1.82, 2.24) is 10.3 Å². The van der Waals surface area contributed by atoms with E-state index in [0.29, 0.717) is 12.6 Å². The van der Waals surface area contributed by atoms with Gasteiger partial charge in [0.05, 0.1) is 0 Å². The topological polar surface area (TPSA) is 34.1 Å². The van der Waals surface area contributed by atoms with Crippen LogP contribution >= 0.6 is 0 Å². The van der Waals surface area contributed by atoms with Crippen LogP contribution in [0.2, 0.25) is 0 Å². The van der Waals surface area contributed by atoms with Crippen molar-refractivity contribution in [2.75, 3.05) is 0 Å². The first-order valence-electron chi connectivity index (χ1n) is 6.58. The Morgan fingerprint density at radius 2 is 1.84 bits per heavy atom. The second-order valence-electron chi connectivity index (χ2n) is 4.79. The van der Waals surface area contributed by atoms with Crippen molar-refractivity contribution >= 4 is 0 Å². The molecule has 0 aliphatic rings. The van der Waals surface area contributed by atoms with Gasteiger partial charge in [-0.25, -0.2) is 0 Å². The van der Waals surface area contributed by atoms with Gasteiger partial charge in [0, 0.05) is 30.5 Å². The van der Waals surface area contributed by atoms with E-state index in [4.69, 9.17) is 4.74 Å². The van der Waals surface area contributed by atoms with Gasteiger partial charge in [0.2, 0.25) is 0 Å². The number of pyridine rings is 1. The first-order chi connectivity index (χ1) is 9.25. The summed E-state index contributed by atoms with van der Waals surface area (Å²) in [6.45, 7) is 5.67. The van der Waals surface area contributed by atoms with Crippen molar-refractivity contribution in [3.63, 3.8) is 0 Å². The average Bonchev–Trinajstić information content (AvgIpc) is 2.45. The summed E-state index contributed by atoms with van der Waals surface area (Å²) < 4.78 is 5.89. The minimum Gasteiger partial charge on any atom is -0.489 e. The molecule has 0 aliphatic heterocycles. The van der Waals surface area contributed by atoms with Crippen LogP contribution < -0.4 is 10.1 Å². The molecule has 0 radical (unpaired) electrons. The Hall–Kier alpha value is -1.87. The van der Waals surface area contributed by atoms with Crippen molar-refractivity contribution in [3.05, 3.63) is 59.9 Å². The largest absolute Gasteiger partial charge is 0.489 e. The minimum absolute atomic E-state index is 0.466. The Morgan fingerprint density at radius 1 is 1.11 bits per heavy atom. The van der Waals surface area contributed by atoms with Crippen LogP contribution in [0.5, 0.6) is 5.75 Å². The molecule has 0 atom stereocenters. The third kappa shape index (κ3) is 4.38. The maximum atomic E-state index is 5.89. The molecular formula is C16H20N2O. The van der Waals surface area contributed by atoms with Gasteiger partial charge >= 0.3 is 0 Å². The maximum Gasteiger partial charge on any atom is 0.124 e. The summed E-state index contributed by atoms with van der Waals surface area (Å²) in [5, 5.41) is 3.41. The van der Waals surface area contributed by atoms with Crippen LogP contribution in [0, 0.1) is 0 Å². The Labute approximate surface area is 114 Å². The first kappa shape index (κ1) is 13.6. The first-order valence-corrected chi connectivity index (χ1v) is 6.58. The van der Waals surface area contributed by atoms with Gasteiger partial charge in [-0.05, 0) is 23.8 Å². The summed E-state index contributed by atoms with van der Waals surface area (Å²) in [7, 11) is 0. The van der Waals surface area contributed by atoms with E-state index in [-0.39, 0.29) is 0 Å². The monoisotopic (exact) mass is 256 g/mol. The summed E-state index contributed by atoms with van der Waals surface area (Å²) in [4.78, 5) is 4.00. The van der Waals surface area contributed by atoms with Crippen molar-refractivity contribution in [2.45, 2.75) is 33.0 Å². The Balaban J connectivity index is 1.99. The molecule has 3 heteroatoms. The van der Waals surface area contributed by atoms with Crippen LogP contribution in [0.1, 0.15) is 25.0 Å². The second-order valence-corrected chi connectivity index (χ2v) is 4.79. The number of hydrogen-bond acceptors (Lipinski definition) is 3. The van der Waals surface area contributed by atoms with Crippen molar-refractivity contribution in [1.29, 1.82) is 0 Å². The molecule has 2 rings (SSSR count). The second kappa shape index (κ2) is 6.90. The maximum absolute atomic E-state index is 5.89. The number of aromatic nitrogens is 1. The molecule has 2 aromatic rings. The van der Waals surface area contributed by atoms with Crippen molar-refractivity contribution in [3.8, 4) is 5.75 Å². The molecule has 1 aromatic heterocycles. The number of rotatable bonds is 6. The van der Waals surface area contributed by atoms with Crippen LogP contribution in [0.3, 0.4) is 0 Å². The lowest BCUT2D eigenvalue weighted by Crippen LogP contribution is -2.22. The third-order valence-corrected chi connectivity index (χ3v) is 2.82. The van der Waals surface area contributed by atoms with Crippen LogP contribution in [-0.2, 0) is 13.2 Å². The predicted molar refractivity (Wildman–Crippen MR) is 77.0 cm³/mol. The molecule has 0 amide bonds. The van der Waals surface area contributed by atoms with Crippen LogP contribution in [0.4, 0.5) is 0 Å². The van der Waals surface area contributed by atoms with E-state index in [2.05, 4.69) is 30.2 Å². The van der Waals surface area contributed by atoms with Gasteiger partial charge in [-0.1, -0.05) is 32.0 Å². The molecule has 1 heterocycles. The Bertz CT molecular complexity index is 497. The van der Waals surface area contributed by atoms with Gasteiger partial charge < -0.3 is 10.1 Å². The Kier molecular flexibility index (Phi) is 4.93. The number of benzene rings is 1. The summed E-state index contributed by atoms with van der Waals surface area (Å²) in [6, 6.07) is 12.5. The quantitative estimate of drug-likeness (QED) is 0.862.